The largest absolute Gasteiger partial charge is 0.472 e. The minimum Gasteiger partial charge on any atom is -0.472 e. The summed E-state index contributed by atoms with van der Waals surface area (Å²) in [4.78, 5) is 19.0. The van der Waals surface area contributed by atoms with Gasteiger partial charge in [-0.05, 0) is 30.3 Å². The maximum absolute atomic E-state index is 13.0. The van der Waals surface area contributed by atoms with E-state index in [1.54, 1.807) is 17.2 Å². The van der Waals surface area contributed by atoms with Gasteiger partial charge in [0, 0.05) is 25.2 Å². The third kappa shape index (κ3) is 4.08. The fourth-order valence-corrected chi connectivity index (χ4v) is 3.11. The predicted molar refractivity (Wildman–Crippen MR) is 102 cm³/mol. The quantitative estimate of drug-likeness (QED) is 0.685. The summed E-state index contributed by atoms with van der Waals surface area (Å²) in [6, 6.07) is 22.4. The zero-order valence-corrected chi connectivity index (χ0v) is 14.8. The molecule has 27 heavy (non-hydrogen) atoms. The molecule has 136 valence electrons. The first-order valence-electron chi connectivity index (χ1n) is 8.98. The van der Waals surface area contributed by atoms with Crippen LogP contribution in [0.2, 0.25) is 0 Å². The van der Waals surface area contributed by atoms with Crippen molar-refractivity contribution in [3.05, 3.63) is 84.6 Å². The van der Waals surface area contributed by atoms with E-state index in [0.717, 1.165) is 6.42 Å². The van der Waals surface area contributed by atoms with Crippen LogP contribution in [0.1, 0.15) is 16.8 Å². The Kier molecular flexibility index (Phi) is 5.01. The van der Waals surface area contributed by atoms with E-state index in [-0.39, 0.29) is 12.0 Å². The number of pyridine rings is 1. The highest BCUT2D eigenvalue weighted by molar-refractivity contribution is 5.97. The van der Waals surface area contributed by atoms with Crippen LogP contribution in [0.4, 0.5) is 0 Å². The standard InChI is InChI=1S/C22H20N2O3/c25-22(24-15-13-18(16-24)27-21-12-6-7-14-23-21)19-10-4-5-11-20(19)26-17-8-2-1-3-9-17/h1-12,14,18H,13,15-16H2. The maximum atomic E-state index is 13.0. The lowest BCUT2D eigenvalue weighted by atomic mass is 10.1. The Morgan fingerprint density at radius 3 is 2.56 bits per heavy atom. The highest BCUT2D eigenvalue weighted by Crippen LogP contribution is 2.27. The fraction of sp³-hybridized carbons (Fsp3) is 0.182. The van der Waals surface area contributed by atoms with Crippen LogP contribution in [0, 0.1) is 0 Å². The van der Waals surface area contributed by atoms with Gasteiger partial charge in [-0.15, -0.1) is 0 Å². The summed E-state index contributed by atoms with van der Waals surface area (Å²) in [7, 11) is 0. The minimum atomic E-state index is -0.0500. The van der Waals surface area contributed by atoms with E-state index in [1.165, 1.54) is 0 Å². The SMILES string of the molecule is O=C(c1ccccc1Oc1ccccc1)N1CCC(Oc2ccccn2)C1. The summed E-state index contributed by atoms with van der Waals surface area (Å²) in [6.07, 6.45) is 2.43. The number of nitrogens with zero attached hydrogens (tertiary/aromatic N) is 2. The number of carbonyl (C=O) groups excluding carboxylic acids is 1. The Morgan fingerprint density at radius 1 is 0.963 bits per heavy atom. The summed E-state index contributed by atoms with van der Waals surface area (Å²) in [5.74, 6) is 1.80. The Hall–Kier alpha value is -3.34. The average molecular weight is 360 g/mol. The number of ether oxygens (including phenoxy) is 2. The van der Waals surface area contributed by atoms with E-state index in [1.807, 2.05) is 66.7 Å². The van der Waals surface area contributed by atoms with Crippen molar-refractivity contribution in [2.75, 3.05) is 13.1 Å². The molecule has 5 heteroatoms. The second-order valence-electron chi connectivity index (χ2n) is 6.36. The summed E-state index contributed by atoms with van der Waals surface area (Å²) >= 11 is 0. The first kappa shape index (κ1) is 17.1. The number of rotatable bonds is 5. The number of benzene rings is 2. The van der Waals surface area contributed by atoms with Crippen LogP contribution >= 0.6 is 0 Å². The van der Waals surface area contributed by atoms with Crippen molar-refractivity contribution in [1.29, 1.82) is 0 Å². The first-order chi connectivity index (χ1) is 13.3. The topological polar surface area (TPSA) is 51.7 Å². The van der Waals surface area contributed by atoms with Crippen molar-refractivity contribution in [3.8, 4) is 17.4 Å². The van der Waals surface area contributed by atoms with Crippen LogP contribution in [0.25, 0.3) is 0 Å². The fourth-order valence-electron chi connectivity index (χ4n) is 3.11. The molecule has 3 aromatic rings. The van der Waals surface area contributed by atoms with Gasteiger partial charge in [-0.3, -0.25) is 4.79 Å². The molecule has 2 aromatic carbocycles. The molecule has 0 bridgehead atoms. The number of hydrogen-bond acceptors (Lipinski definition) is 4. The molecule has 1 unspecified atom stereocenters. The summed E-state index contributed by atoms with van der Waals surface area (Å²) < 4.78 is 11.8. The highest BCUT2D eigenvalue weighted by Gasteiger charge is 2.30. The van der Waals surface area contributed by atoms with Crippen molar-refractivity contribution in [2.24, 2.45) is 0 Å². The normalized spacial score (nSPS) is 16.1. The van der Waals surface area contributed by atoms with Crippen LogP contribution in [-0.4, -0.2) is 35.0 Å². The molecule has 1 saturated heterocycles. The Morgan fingerprint density at radius 2 is 1.74 bits per heavy atom. The molecule has 0 aliphatic carbocycles. The van der Waals surface area contributed by atoms with E-state index >= 15 is 0 Å². The van der Waals surface area contributed by atoms with Gasteiger partial charge in [-0.25, -0.2) is 4.98 Å². The van der Waals surface area contributed by atoms with Crippen LogP contribution in [-0.2, 0) is 0 Å². The van der Waals surface area contributed by atoms with Crippen molar-refractivity contribution in [2.45, 2.75) is 12.5 Å². The molecule has 4 rings (SSSR count). The first-order valence-corrected chi connectivity index (χ1v) is 8.98. The number of carbonyl (C=O) groups is 1. The van der Waals surface area contributed by atoms with Gasteiger partial charge in [0.1, 0.15) is 17.6 Å². The number of likely N-dealkylation sites (tertiary alicyclic amines) is 1. The number of hydrogen-bond donors (Lipinski definition) is 0. The molecule has 1 aromatic heterocycles. The van der Waals surface area contributed by atoms with E-state index in [0.29, 0.717) is 36.0 Å². The van der Waals surface area contributed by atoms with Gasteiger partial charge in [0.2, 0.25) is 5.88 Å². The predicted octanol–water partition coefficient (Wildman–Crippen LogP) is 4.17. The van der Waals surface area contributed by atoms with E-state index in [9.17, 15) is 4.79 Å². The lowest BCUT2D eigenvalue weighted by Crippen LogP contribution is -2.31. The van der Waals surface area contributed by atoms with Crippen LogP contribution < -0.4 is 9.47 Å². The Labute approximate surface area is 158 Å². The summed E-state index contributed by atoms with van der Waals surface area (Å²) in [6.45, 7) is 1.19. The Bertz CT molecular complexity index is 900. The second-order valence-corrected chi connectivity index (χ2v) is 6.36. The van der Waals surface area contributed by atoms with E-state index in [4.69, 9.17) is 9.47 Å². The lowest BCUT2D eigenvalue weighted by Gasteiger charge is -2.19. The zero-order valence-electron chi connectivity index (χ0n) is 14.8. The van der Waals surface area contributed by atoms with Gasteiger partial charge >= 0.3 is 0 Å². The molecule has 1 atom stereocenters. The van der Waals surface area contributed by atoms with E-state index in [2.05, 4.69) is 4.98 Å². The molecule has 0 spiro atoms. The molecular weight excluding hydrogens is 340 g/mol. The molecule has 0 saturated carbocycles. The number of para-hydroxylation sites is 2. The zero-order chi connectivity index (χ0) is 18.5. The highest BCUT2D eigenvalue weighted by atomic mass is 16.5. The Balaban J connectivity index is 1.46. The smallest absolute Gasteiger partial charge is 0.257 e. The second kappa shape index (κ2) is 7.91. The average Bonchev–Trinajstić information content (AvgIpc) is 3.18. The molecule has 1 aliphatic rings. The van der Waals surface area contributed by atoms with Gasteiger partial charge in [0.15, 0.2) is 0 Å². The van der Waals surface area contributed by atoms with Gasteiger partial charge in [-0.2, -0.15) is 0 Å². The minimum absolute atomic E-state index is 0.0475. The molecule has 1 fully saturated rings. The molecule has 0 radical (unpaired) electrons. The van der Waals surface area contributed by atoms with Gasteiger partial charge in [0.05, 0.1) is 12.1 Å². The van der Waals surface area contributed by atoms with Gasteiger partial charge in [-0.1, -0.05) is 36.4 Å². The lowest BCUT2D eigenvalue weighted by molar-refractivity contribution is 0.0768. The molecule has 5 nitrogen and oxygen atoms in total. The third-order valence-electron chi connectivity index (χ3n) is 4.45. The number of aromatic nitrogens is 1. The van der Waals surface area contributed by atoms with E-state index < -0.39 is 0 Å². The van der Waals surface area contributed by atoms with Crippen molar-refractivity contribution in [3.63, 3.8) is 0 Å². The van der Waals surface area contributed by atoms with Crippen LogP contribution in [0.3, 0.4) is 0 Å². The molecule has 2 heterocycles. The molecular formula is C22H20N2O3. The van der Waals surface area contributed by atoms with Crippen molar-refractivity contribution in [1.82, 2.24) is 9.88 Å². The van der Waals surface area contributed by atoms with Gasteiger partial charge in [0.25, 0.3) is 5.91 Å². The number of amides is 1. The summed E-state index contributed by atoms with van der Waals surface area (Å²) in [5.41, 5.74) is 0.555. The maximum Gasteiger partial charge on any atom is 0.257 e. The monoisotopic (exact) mass is 360 g/mol. The van der Waals surface area contributed by atoms with Gasteiger partial charge < -0.3 is 14.4 Å². The third-order valence-corrected chi connectivity index (χ3v) is 4.45. The molecule has 1 aliphatic heterocycles. The molecule has 0 N–H and O–H groups in total. The van der Waals surface area contributed by atoms with Crippen LogP contribution in [0.15, 0.2) is 79.0 Å². The van der Waals surface area contributed by atoms with Crippen molar-refractivity contribution < 1.29 is 14.3 Å². The summed E-state index contributed by atoms with van der Waals surface area (Å²) in [5, 5.41) is 0. The van der Waals surface area contributed by atoms with Crippen LogP contribution in [0.5, 0.6) is 17.4 Å². The molecule has 1 amide bonds. The van der Waals surface area contributed by atoms with Crippen molar-refractivity contribution >= 4 is 5.91 Å².